The highest BCUT2D eigenvalue weighted by Gasteiger charge is 2.19. The second kappa shape index (κ2) is 68.8. The van der Waals surface area contributed by atoms with Gasteiger partial charge in [-0.3, -0.25) is 14.4 Å². The first-order valence-corrected chi connectivity index (χ1v) is 33.8. The van der Waals surface area contributed by atoms with E-state index in [9.17, 15) is 14.4 Å². The summed E-state index contributed by atoms with van der Waals surface area (Å²) in [5, 5.41) is 0. The topological polar surface area (TPSA) is 78.9 Å². The van der Waals surface area contributed by atoms with E-state index in [-0.39, 0.29) is 31.1 Å². The second-order valence-electron chi connectivity index (χ2n) is 22.0. The van der Waals surface area contributed by atoms with Crippen LogP contribution in [-0.2, 0) is 28.6 Å². The fourth-order valence-electron chi connectivity index (χ4n) is 9.10. The average molecular weight is 1130 g/mol. The lowest BCUT2D eigenvalue weighted by Crippen LogP contribution is -2.30. The predicted octanol–water partition coefficient (Wildman–Crippen LogP) is 23.5. The van der Waals surface area contributed by atoms with Gasteiger partial charge in [0.25, 0.3) is 0 Å². The molecule has 0 fully saturated rings. The summed E-state index contributed by atoms with van der Waals surface area (Å²) in [6.45, 7) is 6.38. The number of carbonyl (C=O) groups excluding carboxylic acids is 3. The van der Waals surface area contributed by atoms with Crippen LogP contribution >= 0.6 is 0 Å². The molecule has 1 unspecified atom stereocenters. The van der Waals surface area contributed by atoms with Gasteiger partial charge in [0.05, 0.1) is 0 Å². The average Bonchev–Trinajstić information content (AvgIpc) is 3.47. The summed E-state index contributed by atoms with van der Waals surface area (Å²) < 4.78 is 16.9. The van der Waals surface area contributed by atoms with E-state index in [0.29, 0.717) is 19.3 Å². The van der Waals surface area contributed by atoms with Gasteiger partial charge in [-0.1, -0.05) is 301 Å². The van der Waals surface area contributed by atoms with E-state index in [4.69, 9.17) is 14.2 Å². The normalized spacial score (nSPS) is 13.1. The fourth-order valence-corrected chi connectivity index (χ4v) is 9.10. The Morgan fingerprint density at radius 3 is 0.744 bits per heavy atom. The van der Waals surface area contributed by atoms with E-state index < -0.39 is 6.10 Å². The molecular weight excluding hydrogens is 1010 g/mol. The van der Waals surface area contributed by atoms with Crippen molar-refractivity contribution >= 4 is 17.9 Å². The number of allylic oxidation sites excluding steroid dienone is 24. The van der Waals surface area contributed by atoms with Crippen LogP contribution in [0.5, 0.6) is 0 Å². The van der Waals surface area contributed by atoms with Crippen molar-refractivity contribution in [3.63, 3.8) is 0 Å². The Bertz CT molecular complexity index is 1780. The molecule has 0 aromatic rings. The Morgan fingerprint density at radius 2 is 0.476 bits per heavy atom. The number of esters is 3. The Labute approximate surface area is 506 Å². The van der Waals surface area contributed by atoms with Crippen molar-refractivity contribution < 1.29 is 28.6 Å². The SMILES string of the molecule is CC/C=C\C/C=C\C/C=C\C/C=C\C/C=C\C/C=C\C/C=C\C/C=C\C/C=C\CCCCCC(=O)OCC(COC(=O)CCCCC/C=C\C/C=C\C/C=C\CC)OC(=O)CCCCCCCCCCCCCCCCCCCCCC. The van der Waals surface area contributed by atoms with Crippen LogP contribution in [0.1, 0.15) is 297 Å². The van der Waals surface area contributed by atoms with Crippen LogP contribution in [0.2, 0.25) is 0 Å². The first-order valence-electron chi connectivity index (χ1n) is 33.8. The molecule has 0 rings (SSSR count). The molecule has 1 atom stereocenters. The molecule has 6 heteroatoms. The van der Waals surface area contributed by atoms with E-state index >= 15 is 0 Å². The van der Waals surface area contributed by atoms with Gasteiger partial charge in [-0.15, -0.1) is 0 Å². The minimum Gasteiger partial charge on any atom is -0.462 e. The van der Waals surface area contributed by atoms with Crippen molar-refractivity contribution in [1.29, 1.82) is 0 Å². The highest BCUT2D eigenvalue weighted by molar-refractivity contribution is 5.71. The van der Waals surface area contributed by atoms with Crippen LogP contribution in [-0.4, -0.2) is 37.2 Å². The maximum atomic E-state index is 12.9. The number of hydrogen-bond acceptors (Lipinski definition) is 6. The van der Waals surface area contributed by atoms with E-state index in [1.165, 1.54) is 109 Å². The number of carbonyl (C=O) groups is 3. The van der Waals surface area contributed by atoms with E-state index in [1.807, 2.05) is 0 Å². The third kappa shape index (κ3) is 66.1. The summed E-state index contributed by atoms with van der Waals surface area (Å²) >= 11 is 0. The molecule has 0 heterocycles. The van der Waals surface area contributed by atoms with Crippen LogP contribution in [0.3, 0.4) is 0 Å². The molecule has 82 heavy (non-hydrogen) atoms. The quantitative estimate of drug-likeness (QED) is 0.0261. The lowest BCUT2D eigenvalue weighted by molar-refractivity contribution is -0.167. The summed E-state index contributed by atoms with van der Waals surface area (Å²) in [7, 11) is 0. The largest absolute Gasteiger partial charge is 0.462 e. The Balaban J connectivity index is 4.40. The molecule has 0 aromatic carbocycles. The molecule has 6 nitrogen and oxygen atoms in total. The smallest absolute Gasteiger partial charge is 0.306 e. The molecule has 0 radical (unpaired) electrons. The van der Waals surface area contributed by atoms with Crippen LogP contribution in [0.25, 0.3) is 0 Å². The van der Waals surface area contributed by atoms with Gasteiger partial charge >= 0.3 is 17.9 Å². The van der Waals surface area contributed by atoms with Crippen molar-refractivity contribution in [2.24, 2.45) is 0 Å². The second-order valence-corrected chi connectivity index (χ2v) is 22.0. The highest BCUT2D eigenvalue weighted by Crippen LogP contribution is 2.16. The zero-order chi connectivity index (χ0) is 59.2. The summed E-state index contributed by atoms with van der Waals surface area (Å²) in [5.74, 6) is -0.961. The Hall–Kier alpha value is -4.71. The van der Waals surface area contributed by atoms with Crippen molar-refractivity contribution in [1.82, 2.24) is 0 Å². The van der Waals surface area contributed by atoms with Crippen LogP contribution in [0, 0.1) is 0 Å². The van der Waals surface area contributed by atoms with E-state index in [0.717, 1.165) is 148 Å². The lowest BCUT2D eigenvalue weighted by atomic mass is 10.0. The molecule has 0 aliphatic carbocycles. The van der Waals surface area contributed by atoms with Gasteiger partial charge in [0.1, 0.15) is 13.2 Å². The lowest BCUT2D eigenvalue weighted by Gasteiger charge is -2.18. The number of ether oxygens (including phenoxy) is 3. The number of unbranched alkanes of at least 4 members (excludes halogenated alkanes) is 25. The Morgan fingerprint density at radius 1 is 0.256 bits per heavy atom. The van der Waals surface area contributed by atoms with Crippen molar-refractivity contribution in [3.8, 4) is 0 Å². The molecule has 0 amide bonds. The van der Waals surface area contributed by atoms with Crippen LogP contribution < -0.4 is 0 Å². The molecule has 0 N–H and O–H groups in total. The highest BCUT2D eigenvalue weighted by atomic mass is 16.6. The first kappa shape index (κ1) is 77.3. The molecule has 0 aliphatic heterocycles. The molecule has 0 aromatic heterocycles. The van der Waals surface area contributed by atoms with Crippen molar-refractivity contribution in [2.75, 3.05) is 13.2 Å². The molecule has 0 saturated heterocycles. The predicted molar refractivity (Wildman–Crippen MR) is 357 cm³/mol. The zero-order valence-electron chi connectivity index (χ0n) is 53.2. The molecule has 0 aliphatic rings. The van der Waals surface area contributed by atoms with Gasteiger partial charge in [0.2, 0.25) is 0 Å². The molecule has 0 spiro atoms. The van der Waals surface area contributed by atoms with Gasteiger partial charge < -0.3 is 14.2 Å². The zero-order valence-corrected chi connectivity index (χ0v) is 53.2. The van der Waals surface area contributed by atoms with Gasteiger partial charge in [0, 0.05) is 19.3 Å². The maximum Gasteiger partial charge on any atom is 0.306 e. The third-order valence-electron chi connectivity index (χ3n) is 14.1. The number of hydrogen-bond donors (Lipinski definition) is 0. The maximum absolute atomic E-state index is 12.9. The summed E-state index contributed by atoms with van der Waals surface area (Å²) in [6, 6.07) is 0. The van der Waals surface area contributed by atoms with Gasteiger partial charge in [0.15, 0.2) is 6.10 Å². The standard InChI is InChI=1S/C76H124O6/c1-4-7-10-13-16-19-22-25-27-29-31-33-34-35-36-37-38-39-40-41-42-43-45-46-48-51-54-57-60-63-66-69-75(78)81-72-73(71-80-74(77)68-65-62-59-56-53-50-24-21-18-15-12-9-6-3)82-76(79)70-67-64-61-58-55-52-49-47-44-32-30-28-26-23-20-17-14-11-8-5-2/h7,9-10,12,16,18-19,21,25,27,31,33,35-36,38-39,41-42,45-46,50-51,53-54,73H,4-6,8,11,13-15,17,20,22-24,26,28-30,32,34,37,40,43-44,47-49,52,55-72H2,1-3H3/b10-7-,12-9-,19-16-,21-18-,27-25-,33-31-,36-35-,39-38-,42-41-,46-45-,53-50-,54-51-. The van der Waals surface area contributed by atoms with Crippen LogP contribution in [0.4, 0.5) is 0 Å². The minimum absolute atomic E-state index is 0.106. The summed E-state index contributed by atoms with van der Waals surface area (Å²) in [6.07, 6.45) is 98.7. The van der Waals surface area contributed by atoms with E-state index in [1.54, 1.807) is 0 Å². The Kier molecular flexibility index (Phi) is 64.8. The van der Waals surface area contributed by atoms with Gasteiger partial charge in [-0.2, -0.15) is 0 Å². The van der Waals surface area contributed by atoms with Gasteiger partial charge in [-0.05, 0) is 122 Å². The van der Waals surface area contributed by atoms with Gasteiger partial charge in [-0.25, -0.2) is 0 Å². The summed E-state index contributed by atoms with van der Waals surface area (Å²) in [5.41, 5.74) is 0. The first-order chi connectivity index (χ1) is 40.5. The monoisotopic (exact) mass is 1130 g/mol. The third-order valence-corrected chi connectivity index (χ3v) is 14.1. The molecule has 0 bridgehead atoms. The van der Waals surface area contributed by atoms with Crippen molar-refractivity contribution in [3.05, 3.63) is 146 Å². The molecule has 0 saturated carbocycles. The fraction of sp³-hybridized carbons (Fsp3) is 0.645. The minimum atomic E-state index is -0.809. The molecule has 464 valence electrons. The van der Waals surface area contributed by atoms with Crippen molar-refractivity contribution in [2.45, 2.75) is 303 Å². The summed E-state index contributed by atoms with van der Waals surface area (Å²) in [4.78, 5) is 38.3. The number of rotatable bonds is 60. The van der Waals surface area contributed by atoms with E-state index in [2.05, 4.69) is 167 Å². The molecular formula is C76H124O6. The van der Waals surface area contributed by atoms with Crippen LogP contribution in [0.15, 0.2) is 146 Å².